The summed E-state index contributed by atoms with van der Waals surface area (Å²) in [5, 5.41) is 11.6. The van der Waals surface area contributed by atoms with E-state index in [1.54, 1.807) is 6.92 Å². The standard InChI is InChI=1S/C9H15NO3/c1-5(6(2)11)10-9(13)7-3-8(12)4-7/h5,7-8,12H,3-4H2,1-2H3,(H,10,13). The fourth-order valence-corrected chi connectivity index (χ4v) is 1.23. The summed E-state index contributed by atoms with van der Waals surface area (Å²) in [5.74, 6) is -0.266. The third kappa shape index (κ3) is 2.52. The van der Waals surface area contributed by atoms with Crippen LogP contribution in [-0.4, -0.2) is 28.9 Å². The highest BCUT2D eigenvalue weighted by atomic mass is 16.3. The minimum atomic E-state index is -0.412. The van der Waals surface area contributed by atoms with Gasteiger partial charge >= 0.3 is 0 Å². The monoisotopic (exact) mass is 185 g/mol. The second-order valence-corrected chi connectivity index (χ2v) is 3.66. The molecular formula is C9H15NO3. The van der Waals surface area contributed by atoms with E-state index < -0.39 is 6.04 Å². The normalized spacial score (nSPS) is 28.8. The van der Waals surface area contributed by atoms with Crippen molar-refractivity contribution < 1.29 is 14.7 Å². The highest BCUT2D eigenvalue weighted by Crippen LogP contribution is 2.27. The van der Waals surface area contributed by atoms with Crippen LogP contribution in [0, 0.1) is 5.92 Å². The fourth-order valence-electron chi connectivity index (χ4n) is 1.23. The summed E-state index contributed by atoms with van der Waals surface area (Å²) in [6.07, 6.45) is 0.718. The SMILES string of the molecule is CC(=O)C(C)NC(=O)C1CC(O)C1. The molecule has 2 N–H and O–H groups in total. The smallest absolute Gasteiger partial charge is 0.223 e. The highest BCUT2D eigenvalue weighted by Gasteiger charge is 2.33. The van der Waals surface area contributed by atoms with E-state index >= 15 is 0 Å². The van der Waals surface area contributed by atoms with Gasteiger partial charge in [-0.1, -0.05) is 0 Å². The maximum atomic E-state index is 11.3. The van der Waals surface area contributed by atoms with Gasteiger partial charge in [0.1, 0.15) is 0 Å². The molecule has 0 aromatic carbocycles. The molecule has 1 amide bonds. The van der Waals surface area contributed by atoms with E-state index in [0.717, 1.165) is 0 Å². The number of rotatable bonds is 3. The molecule has 0 heterocycles. The molecule has 0 aromatic heterocycles. The number of hydrogen-bond acceptors (Lipinski definition) is 3. The van der Waals surface area contributed by atoms with Crippen LogP contribution in [0.4, 0.5) is 0 Å². The van der Waals surface area contributed by atoms with E-state index in [1.807, 2.05) is 0 Å². The minimum Gasteiger partial charge on any atom is -0.393 e. The first-order chi connectivity index (χ1) is 6.00. The summed E-state index contributed by atoms with van der Waals surface area (Å²) >= 11 is 0. The van der Waals surface area contributed by atoms with Crippen LogP contribution in [0.5, 0.6) is 0 Å². The van der Waals surface area contributed by atoms with Gasteiger partial charge in [0.2, 0.25) is 5.91 Å². The van der Waals surface area contributed by atoms with Crippen molar-refractivity contribution >= 4 is 11.7 Å². The summed E-state index contributed by atoms with van der Waals surface area (Å²) < 4.78 is 0. The van der Waals surface area contributed by atoms with Crippen molar-refractivity contribution in [2.45, 2.75) is 38.8 Å². The molecule has 0 spiro atoms. The Morgan fingerprint density at radius 1 is 1.46 bits per heavy atom. The van der Waals surface area contributed by atoms with Crippen molar-refractivity contribution in [3.8, 4) is 0 Å². The van der Waals surface area contributed by atoms with Gasteiger partial charge in [0, 0.05) is 5.92 Å². The number of amides is 1. The van der Waals surface area contributed by atoms with E-state index in [-0.39, 0.29) is 23.7 Å². The Balaban J connectivity index is 2.29. The molecule has 1 rings (SSSR count). The first-order valence-electron chi connectivity index (χ1n) is 4.49. The largest absolute Gasteiger partial charge is 0.393 e. The zero-order valence-electron chi connectivity index (χ0n) is 7.91. The van der Waals surface area contributed by atoms with E-state index in [9.17, 15) is 9.59 Å². The Bertz CT molecular complexity index is 221. The molecule has 1 unspecified atom stereocenters. The highest BCUT2D eigenvalue weighted by molar-refractivity contribution is 5.88. The summed E-state index contributed by atoms with van der Waals surface area (Å²) in [6.45, 7) is 3.11. The zero-order chi connectivity index (χ0) is 10.0. The van der Waals surface area contributed by atoms with E-state index in [0.29, 0.717) is 12.8 Å². The molecule has 1 aliphatic rings. The minimum absolute atomic E-state index is 0.0479. The summed E-state index contributed by atoms with van der Waals surface area (Å²) in [7, 11) is 0. The van der Waals surface area contributed by atoms with Gasteiger partial charge < -0.3 is 10.4 Å². The molecule has 0 aliphatic heterocycles. The Morgan fingerprint density at radius 2 is 2.00 bits per heavy atom. The van der Waals surface area contributed by atoms with E-state index in [4.69, 9.17) is 5.11 Å². The van der Waals surface area contributed by atoms with E-state index in [1.165, 1.54) is 6.92 Å². The third-order valence-corrected chi connectivity index (χ3v) is 2.45. The van der Waals surface area contributed by atoms with Crippen LogP contribution in [0.25, 0.3) is 0 Å². The van der Waals surface area contributed by atoms with Gasteiger partial charge in [-0.05, 0) is 26.7 Å². The van der Waals surface area contributed by atoms with Crippen LogP contribution in [0.1, 0.15) is 26.7 Å². The van der Waals surface area contributed by atoms with Gasteiger partial charge in [-0.15, -0.1) is 0 Å². The first kappa shape index (κ1) is 10.2. The van der Waals surface area contributed by atoms with Crippen LogP contribution in [0.15, 0.2) is 0 Å². The van der Waals surface area contributed by atoms with Gasteiger partial charge in [0.15, 0.2) is 5.78 Å². The molecule has 74 valence electrons. The molecule has 0 aromatic rings. The van der Waals surface area contributed by atoms with Crippen LogP contribution in [-0.2, 0) is 9.59 Å². The maximum Gasteiger partial charge on any atom is 0.223 e. The Morgan fingerprint density at radius 3 is 2.38 bits per heavy atom. The zero-order valence-corrected chi connectivity index (χ0v) is 7.91. The molecule has 1 fully saturated rings. The molecule has 4 heteroatoms. The van der Waals surface area contributed by atoms with Crippen LogP contribution >= 0.6 is 0 Å². The summed E-state index contributed by atoms with van der Waals surface area (Å²) in [5.41, 5.74) is 0. The number of carbonyl (C=O) groups is 2. The number of ketones is 1. The second kappa shape index (κ2) is 3.87. The van der Waals surface area contributed by atoms with Gasteiger partial charge in [0.25, 0.3) is 0 Å². The predicted octanol–water partition coefficient (Wildman–Crippen LogP) is -0.149. The lowest BCUT2D eigenvalue weighted by molar-refractivity contribution is -0.134. The second-order valence-electron chi connectivity index (χ2n) is 3.66. The van der Waals surface area contributed by atoms with Crippen LogP contribution in [0.2, 0.25) is 0 Å². The van der Waals surface area contributed by atoms with Gasteiger partial charge in [0.05, 0.1) is 12.1 Å². The summed E-state index contributed by atoms with van der Waals surface area (Å²) in [6, 6.07) is -0.412. The molecule has 1 atom stereocenters. The molecule has 1 saturated carbocycles. The molecule has 1 aliphatic carbocycles. The average molecular weight is 185 g/mol. The number of hydrogen-bond donors (Lipinski definition) is 2. The number of Topliss-reactive ketones (excluding diaryl/α,β-unsaturated/α-hetero) is 1. The first-order valence-corrected chi connectivity index (χ1v) is 4.49. The van der Waals surface area contributed by atoms with Crippen molar-refractivity contribution in [3.63, 3.8) is 0 Å². The van der Waals surface area contributed by atoms with E-state index in [2.05, 4.69) is 5.32 Å². The lowest BCUT2D eigenvalue weighted by Crippen LogP contribution is -2.46. The number of carbonyl (C=O) groups excluding carboxylic acids is 2. The third-order valence-electron chi connectivity index (χ3n) is 2.45. The Kier molecular flexibility index (Phi) is 3.03. The number of aliphatic hydroxyl groups is 1. The van der Waals surface area contributed by atoms with Gasteiger partial charge in [-0.2, -0.15) is 0 Å². The maximum absolute atomic E-state index is 11.3. The van der Waals surface area contributed by atoms with Crippen LogP contribution < -0.4 is 5.32 Å². The molecule has 0 saturated heterocycles. The average Bonchev–Trinajstić information content (AvgIpc) is 1.98. The van der Waals surface area contributed by atoms with Crippen molar-refractivity contribution in [2.24, 2.45) is 5.92 Å². The van der Waals surface area contributed by atoms with Gasteiger partial charge in [-0.25, -0.2) is 0 Å². The van der Waals surface area contributed by atoms with Crippen molar-refractivity contribution in [2.75, 3.05) is 0 Å². The van der Waals surface area contributed by atoms with Crippen molar-refractivity contribution in [3.05, 3.63) is 0 Å². The lowest BCUT2D eigenvalue weighted by Gasteiger charge is -2.30. The fraction of sp³-hybridized carbons (Fsp3) is 0.778. The molecule has 13 heavy (non-hydrogen) atoms. The van der Waals surface area contributed by atoms with Crippen molar-refractivity contribution in [1.29, 1.82) is 0 Å². The quantitative estimate of drug-likeness (QED) is 0.642. The predicted molar refractivity (Wildman–Crippen MR) is 47.0 cm³/mol. The number of nitrogens with one attached hydrogen (secondary N) is 1. The Labute approximate surface area is 77.3 Å². The molecule has 0 bridgehead atoms. The summed E-state index contributed by atoms with van der Waals surface area (Å²) in [4.78, 5) is 22.1. The molecule has 0 radical (unpaired) electrons. The Hall–Kier alpha value is -0.900. The molecular weight excluding hydrogens is 170 g/mol. The van der Waals surface area contributed by atoms with Crippen molar-refractivity contribution in [1.82, 2.24) is 5.32 Å². The molecule has 4 nitrogen and oxygen atoms in total. The topological polar surface area (TPSA) is 66.4 Å². The van der Waals surface area contributed by atoms with Gasteiger partial charge in [-0.3, -0.25) is 9.59 Å². The number of aliphatic hydroxyl groups excluding tert-OH is 1. The van der Waals surface area contributed by atoms with Crippen LogP contribution in [0.3, 0.4) is 0 Å². The lowest BCUT2D eigenvalue weighted by atomic mass is 9.81.